The minimum Gasteiger partial charge on any atom is -0.493 e. The highest BCUT2D eigenvalue weighted by atomic mass is 16.7. The molecule has 5 atom stereocenters. The highest BCUT2D eigenvalue weighted by molar-refractivity contribution is 6.07. The monoisotopic (exact) mass is 1640 g/mol. The molecule has 118 heavy (non-hydrogen) atoms. The first-order valence-corrected chi connectivity index (χ1v) is 41.5. The van der Waals surface area contributed by atoms with Gasteiger partial charge in [-0.15, -0.1) is 0 Å². The van der Waals surface area contributed by atoms with Gasteiger partial charge in [0.2, 0.25) is 42.2 Å². The van der Waals surface area contributed by atoms with Crippen LogP contribution in [0.25, 0.3) is 11.1 Å². The Labute approximate surface area is 689 Å². The van der Waals surface area contributed by atoms with Gasteiger partial charge in [0.25, 0.3) is 11.8 Å². The molecule has 1 aliphatic carbocycles. The Morgan fingerprint density at radius 3 is 1.50 bits per heavy atom. The van der Waals surface area contributed by atoms with Crippen molar-refractivity contribution in [3.63, 3.8) is 0 Å². The molecule has 4 aromatic carbocycles. The first-order valence-electron chi connectivity index (χ1n) is 41.5. The Morgan fingerprint density at radius 1 is 0.500 bits per heavy atom. The summed E-state index contributed by atoms with van der Waals surface area (Å²) in [7, 11) is 3.02. The van der Waals surface area contributed by atoms with Crippen LogP contribution in [0.4, 0.5) is 17.1 Å². The SMILES string of the molecule is COc1cc2c(cc1OCCCOc1cc3c(cc1OC)C(=O)N1C=C(c4ccc5c(c4)OCO5)C[C@H]1C=N3)N=C[C@@H]1CC(c3ccc(NC(=O)[C@H](C)NC(=O)C(NC(=O)CCOCCOCCOCCOCCOCCOCCOCCOCCNC(=O)CCN4C(=O)CC(C5CCCCCCCCCC5)C4=O)C(C)C)cc3)=CN1C2=O. The van der Waals surface area contributed by atoms with E-state index in [1.54, 1.807) is 79.4 Å². The molecule has 4 aromatic rings. The van der Waals surface area contributed by atoms with Gasteiger partial charge in [-0.25, -0.2) is 0 Å². The fourth-order valence-corrected chi connectivity index (χ4v) is 14.9. The summed E-state index contributed by atoms with van der Waals surface area (Å²) in [5.41, 5.74) is 5.77. The number of carbonyl (C=O) groups is 8. The summed E-state index contributed by atoms with van der Waals surface area (Å²) in [5.74, 6) is 0.362. The summed E-state index contributed by atoms with van der Waals surface area (Å²) in [6, 6.07) is 17.2. The normalized spacial score (nSPS) is 18.3. The van der Waals surface area contributed by atoms with Crippen molar-refractivity contribution in [2.24, 2.45) is 27.7 Å². The van der Waals surface area contributed by atoms with Crippen LogP contribution in [0.5, 0.6) is 34.5 Å². The van der Waals surface area contributed by atoms with E-state index in [0.29, 0.717) is 181 Å². The second-order valence-electron chi connectivity index (χ2n) is 30.2. The number of imide groups is 1. The maximum atomic E-state index is 14.2. The molecule has 1 saturated heterocycles. The van der Waals surface area contributed by atoms with Crippen molar-refractivity contribution in [2.45, 2.75) is 148 Å². The van der Waals surface area contributed by atoms with Crippen LogP contribution in [0.1, 0.15) is 155 Å². The number of nitrogens with zero attached hydrogens (tertiary/aromatic N) is 5. The number of nitrogens with one attached hydrogen (secondary N) is 4. The Morgan fingerprint density at radius 2 is 0.983 bits per heavy atom. The number of carbonyl (C=O) groups excluding carboxylic acids is 8. The number of anilines is 1. The second-order valence-corrected chi connectivity index (χ2v) is 30.2. The molecule has 640 valence electrons. The molecule has 2 unspecified atom stereocenters. The molecule has 7 aliphatic rings. The van der Waals surface area contributed by atoms with E-state index in [9.17, 15) is 38.4 Å². The molecule has 31 heteroatoms. The molecule has 6 heterocycles. The summed E-state index contributed by atoms with van der Waals surface area (Å²) in [5, 5.41) is 11.2. The zero-order valence-corrected chi connectivity index (χ0v) is 68.6. The highest BCUT2D eigenvalue weighted by Crippen LogP contribution is 2.44. The Balaban J connectivity index is 0.476. The molecule has 0 radical (unpaired) electrons. The van der Waals surface area contributed by atoms with Crippen LogP contribution in [0.15, 0.2) is 89.1 Å². The number of fused-ring (bicyclic) bond motifs is 5. The Hall–Kier alpha value is -9.86. The lowest BCUT2D eigenvalue weighted by Gasteiger charge is -2.24. The van der Waals surface area contributed by atoms with Crippen LogP contribution in [0, 0.1) is 17.8 Å². The summed E-state index contributed by atoms with van der Waals surface area (Å²) in [6.07, 6.45) is 20.7. The smallest absolute Gasteiger partial charge is 0.260 e. The molecular formula is C87H115N9O22. The van der Waals surface area contributed by atoms with Crippen LogP contribution in [0.2, 0.25) is 0 Å². The Bertz CT molecular complexity index is 4160. The zero-order chi connectivity index (χ0) is 83.0. The molecule has 11 rings (SSSR count). The maximum absolute atomic E-state index is 14.2. The number of aliphatic imine (C=N–C) groups is 2. The largest absolute Gasteiger partial charge is 0.493 e. The third-order valence-electron chi connectivity index (χ3n) is 21.5. The predicted octanol–water partition coefficient (Wildman–Crippen LogP) is 9.74. The number of amides is 8. The topological polar surface area (TPSA) is 348 Å². The number of hydrogen-bond acceptors (Lipinski definition) is 24. The summed E-state index contributed by atoms with van der Waals surface area (Å²) >= 11 is 0. The summed E-state index contributed by atoms with van der Waals surface area (Å²) in [6.45, 7) is 11.9. The third kappa shape index (κ3) is 25.8. The fraction of sp³-hybridized carbons (Fsp3) is 0.563. The quantitative estimate of drug-likeness (QED) is 0.0236. The van der Waals surface area contributed by atoms with Crippen molar-refractivity contribution in [1.29, 1.82) is 0 Å². The molecule has 4 N–H and O–H groups in total. The number of benzene rings is 4. The van der Waals surface area contributed by atoms with Gasteiger partial charge in [0, 0.05) is 94.3 Å². The van der Waals surface area contributed by atoms with Crippen molar-refractivity contribution in [1.82, 2.24) is 30.7 Å². The van der Waals surface area contributed by atoms with E-state index in [1.165, 1.54) is 57.6 Å². The van der Waals surface area contributed by atoms with E-state index in [2.05, 4.69) is 21.3 Å². The number of hydrogen-bond donors (Lipinski definition) is 4. The number of rotatable bonds is 47. The average molecular weight is 1640 g/mol. The van der Waals surface area contributed by atoms with Crippen LogP contribution < -0.4 is 49.7 Å². The van der Waals surface area contributed by atoms with Gasteiger partial charge in [-0.1, -0.05) is 83.4 Å². The molecule has 0 spiro atoms. The lowest BCUT2D eigenvalue weighted by Crippen LogP contribution is -2.53. The van der Waals surface area contributed by atoms with Crippen molar-refractivity contribution in [2.75, 3.05) is 158 Å². The van der Waals surface area contributed by atoms with Gasteiger partial charge in [-0.3, -0.25) is 53.2 Å². The summed E-state index contributed by atoms with van der Waals surface area (Å²) < 4.78 is 79.4. The molecule has 0 bridgehead atoms. The predicted molar refractivity (Wildman–Crippen MR) is 438 cm³/mol. The van der Waals surface area contributed by atoms with Gasteiger partial charge >= 0.3 is 0 Å². The van der Waals surface area contributed by atoms with E-state index in [4.69, 9.17) is 76.3 Å². The molecule has 6 aliphatic heterocycles. The van der Waals surface area contributed by atoms with Crippen molar-refractivity contribution in [3.8, 4) is 34.5 Å². The standard InChI is InChI=1S/C87H115N9O22/c1-58(2)82(93-80(98)24-29-107-31-33-109-35-37-111-39-41-113-43-44-114-42-40-112-38-36-110-34-32-108-30-25-88-79(97)23-26-94-81(99)50-68(85(94)102)61-15-12-10-8-6-7-9-11-13-16-61)84(101)91-59(3)83(100)92-65-20-17-60(18-21-65)63-45-66-53-89-71-51-77(74(105-4)48-69(71)86(103)95(66)55-63)115-27-14-28-116-78-52-72-70(49-75(78)106-5)87(104)96-56-64(46-67(96)54-90-72)62-19-22-73-76(47-62)118-57-117-73/h17-22,47-49,51-56,58-59,61,66-68,82H,6-16,23-46,50,57H2,1-5H3,(H,88,97)(H,91,101)(H,92,100)(H,93,98)/t59-,66-,67-,68?,82?/m0/s1. The van der Waals surface area contributed by atoms with E-state index in [1.807, 2.05) is 42.7 Å². The van der Waals surface area contributed by atoms with E-state index in [-0.39, 0.29) is 124 Å². The first kappa shape index (κ1) is 88.9. The lowest BCUT2D eigenvalue weighted by atomic mass is 9.83. The molecule has 0 aromatic heterocycles. The van der Waals surface area contributed by atoms with Crippen molar-refractivity contribution < 1.29 is 105 Å². The fourth-order valence-electron chi connectivity index (χ4n) is 14.9. The first-order chi connectivity index (χ1) is 57.5. The van der Waals surface area contributed by atoms with Gasteiger partial charge < -0.3 is 97.4 Å². The zero-order valence-electron chi connectivity index (χ0n) is 68.6. The van der Waals surface area contributed by atoms with Gasteiger partial charge in [-0.05, 0) is 90.3 Å². The number of ether oxygens (including phenoxy) is 14. The van der Waals surface area contributed by atoms with E-state index >= 15 is 0 Å². The molecular weight excluding hydrogens is 1520 g/mol. The lowest BCUT2D eigenvalue weighted by molar-refractivity contribution is -0.140. The highest BCUT2D eigenvalue weighted by Gasteiger charge is 2.43. The van der Waals surface area contributed by atoms with Gasteiger partial charge in [0.1, 0.15) is 12.1 Å². The van der Waals surface area contributed by atoms with Gasteiger partial charge in [0.05, 0.1) is 174 Å². The molecule has 1 saturated carbocycles. The van der Waals surface area contributed by atoms with Gasteiger partial charge in [-0.2, -0.15) is 0 Å². The maximum Gasteiger partial charge on any atom is 0.260 e. The molecule has 31 nitrogen and oxygen atoms in total. The van der Waals surface area contributed by atoms with Crippen LogP contribution in [-0.2, 0) is 66.7 Å². The second kappa shape index (κ2) is 46.5. The van der Waals surface area contributed by atoms with Crippen molar-refractivity contribution in [3.05, 3.63) is 101 Å². The van der Waals surface area contributed by atoms with Crippen LogP contribution in [-0.4, -0.2) is 252 Å². The molecule has 2 fully saturated rings. The van der Waals surface area contributed by atoms with E-state index in [0.717, 1.165) is 48.0 Å². The van der Waals surface area contributed by atoms with E-state index < -0.39 is 23.9 Å². The minimum atomic E-state index is -0.945. The average Bonchev–Trinajstić information content (AvgIpc) is 1.60. The molecule has 8 amide bonds. The number of methoxy groups -OCH3 is 2. The summed E-state index contributed by atoms with van der Waals surface area (Å²) in [4.78, 5) is 121. The Kier molecular flexibility index (Phi) is 35.0. The van der Waals surface area contributed by atoms with Gasteiger partial charge in [0.15, 0.2) is 34.5 Å². The van der Waals surface area contributed by atoms with Crippen LogP contribution in [0.3, 0.4) is 0 Å². The minimum absolute atomic E-state index is 0.0117. The number of likely N-dealkylation sites (tertiary alicyclic amines) is 1. The third-order valence-corrected chi connectivity index (χ3v) is 21.5. The van der Waals surface area contributed by atoms with Crippen molar-refractivity contribution >= 4 is 87.9 Å². The van der Waals surface area contributed by atoms with Crippen LogP contribution >= 0.6 is 0 Å².